The molecular formula is C10H13ClN2O. The highest BCUT2D eigenvalue weighted by molar-refractivity contribution is 6.30. The molecule has 0 saturated heterocycles. The van der Waals surface area contributed by atoms with E-state index >= 15 is 0 Å². The molecule has 76 valence electrons. The molecule has 1 aromatic rings. The molecule has 4 heteroatoms. The van der Waals surface area contributed by atoms with Crippen molar-refractivity contribution in [3.63, 3.8) is 0 Å². The van der Waals surface area contributed by atoms with Gasteiger partial charge >= 0.3 is 0 Å². The molecule has 0 aliphatic rings. The minimum absolute atomic E-state index is 0.243. The van der Waals surface area contributed by atoms with Crippen LogP contribution in [0.15, 0.2) is 24.3 Å². The highest BCUT2D eigenvalue weighted by Gasteiger charge is 2.07. The van der Waals surface area contributed by atoms with E-state index in [-0.39, 0.29) is 5.91 Å². The van der Waals surface area contributed by atoms with E-state index in [2.05, 4.69) is 10.9 Å². The average Bonchev–Trinajstić information content (AvgIpc) is 2.16. The van der Waals surface area contributed by atoms with Gasteiger partial charge < -0.3 is 0 Å². The van der Waals surface area contributed by atoms with Crippen molar-refractivity contribution < 1.29 is 4.79 Å². The van der Waals surface area contributed by atoms with Gasteiger partial charge in [0, 0.05) is 0 Å². The van der Waals surface area contributed by atoms with Crippen LogP contribution in [0.5, 0.6) is 0 Å². The predicted molar refractivity (Wildman–Crippen MR) is 58.3 cm³/mol. The maximum Gasteiger partial charge on any atom is 0.256 e. The summed E-state index contributed by atoms with van der Waals surface area (Å²) in [5, 5.41) is -0.534. The summed E-state index contributed by atoms with van der Waals surface area (Å²) < 4.78 is 0. The first kappa shape index (κ1) is 10.9. The van der Waals surface area contributed by atoms with Crippen LogP contribution in [0.25, 0.3) is 0 Å². The van der Waals surface area contributed by atoms with Crippen molar-refractivity contribution in [2.24, 2.45) is 0 Å². The molecule has 14 heavy (non-hydrogen) atoms. The Bertz CT molecular complexity index is 308. The van der Waals surface area contributed by atoms with Gasteiger partial charge in [-0.2, -0.15) is 0 Å². The Hall–Kier alpha value is -1.22. The minimum atomic E-state index is -0.534. The van der Waals surface area contributed by atoms with Crippen molar-refractivity contribution >= 4 is 23.2 Å². The predicted octanol–water partition coefficient (Wildman–Crippen LogP) is 2.07. The first-order valence-electron chi connectivity index (χ1n) is 4.36. The smallest absolute Gasteiger partial charge is 0.256 e. The maximum atomic E-state index is 11.1. The summed E-state index contributed by atoms with van der Waals surface area (Å²) >= 11 is 5.57. The molecule has 1 rings (SSSR count). The van der Waals surface area contributed by atoms with Gasteiger partial charge in [-0.15, -0.1) is 11.6 Å². The Kier molecular flexibility index (Phi) is 3.77. The van der Waals surface area contributed by atoms with Crippen LogP contribution in [-0.2, 0) is 4.79 Å². The summed E-state index contributed by atoms with van der Waals surface area (Å²) in [4.78, 5) is 11.1. The van der Waals surface area contributed by atoms with Crippen molar-refractivity contribution in [1.29, 1.82) is 0 Å². The molecule has 1 amide bonds. The third kappa shape index (κ3) is 3.26. The topological polar surface area (TPSA) is 41.1 Å². The summed E-state index contributed by atoms with van der Waals surface area (Å²) in [6, 6.07) is 7.68. The second-order valence-corrected chi connectivity index (χ2v) is 3.75. The molecule has 0 spiro atoms. The van der Waals surface area contributed by atoms with Gasteiger partial charge in [-0.1, -0.05) is 17.7 Å². The number of hydrazine groups is 1. The molecule has 0 fully saturated rings. The number of rotatable bonds is 3. The highest BCUT2D eigenvalue weighted by atomic mass is 35.5. The summed E-state index contributed by atoms with van der Waals surface area (Å²) in [7, 11) is 0. The van der Waals surface area contributed by atoms with Crippen LogP contribution < -0.4 is 10.9 Å². The van der Waals surface area contributed by atoms with Gasteiger partial charge in [-0.05, 0) is 26.0 Å². The third-order valence-corrected chi connectivity index (χ3v) is 1.94. The lowest BCUT2D eigenvalue weighted by Crippen LogP contribution is -2.34. The standard InChI is InChI=1S/C10H13ClN2O/c1-7-3-5-9(6-4-7)12-13-10(14)8(2)11/h3-6,8,12H,1-2H3,(H,13,14). The first-order chi connectivity index (χ1) is 6.59. The quantitative estimate of drug-likeness (QED) is 0.595. The number of carbonyl (C=O) groups is 1. The number of benzene rings is 1. The van der Waals surface area contributed by atoms with Crippen LogP contribution in [0.3, 0.4) is 0 Å². The Morgan fingerprint density at radius 2 is 1.93 bits per heavy atom. The van der Waals surface area contributed by atoms with Crippen molar-refractivity contribution in [1.82, 2.24) is 5.43 Å². The number of alkyl halides is 1. The van der Waals surface area contributed by atoms with Gasteiger partial charge in [0.1, 0.15) is 5.38 Å². The number of hydrogen-bond donors (Lipinski definition) is 2. The Balaban J connectivity index is 2.46. The Morgan fingerprint density at radius 3 is 2.43 bits per heavy atom. The summed E-state index contributed by atoms with van der Waals surface area (Å²) in [5.74, 6) is -0.243. The molecule has 0 bridgehead atoms. The van der Waals surface area contributed by atoms with Crippen molar-refractivity contribution in [3.8, 4) is 0 Å². The molecule has 0 aromatic heterocycles. The molecule has 0 radical (unpaired) electrons. The summed E-state index contributed by atoms with van der Waals surface area (Å²) in [5.41, 5.74) is 7.27. The van der Waals surface area contributed by atoms with Gasteiger partial charge in [0.25, 0.3) is 5.91 Å². The molecule has 0 aliphatic carbocycles. The molecule has 1 aromatic carbocycles. The van der Waals surface area contributed by atoms with Crippen molar-refractivity contribution in [2.45, 2.75) is 19.2 Å². The lowest BCUT2D eigenvalue weighted by molar-refractivity contribution is -0.119. The zero-order chi connectivity index (χ0) is 10.6. The van der Waals surface area contributed by atoms with E-state index in [1.54, 1.807) is 6.92 Å². The fourth-order valence-electron chi connectivity index (χ4n) is 0.870. The van der Waals surface area contributed by atoms with Gasteiger partial charge in [0.15, 0.2) is 0 Å². The molecular weight excluding hydrogens is 200 g/mol. The van der Waals surface area contributed by atoms with Crippen LogP contribution in [0.2, 0.25) is 0 Å². The van der Waals surface area contributed by atoms with E-state index in [0.717, 1.165) is 5.69 Å². The van der Waals surface area contributed by atoms with Crippen LogP contribution in [0.4, 0.5) is 5.69 Å². The van der Waals surface area contributed by atoms with Gasteiger partial charge in [-0.3, -0.25) is 15.6 Å². The second-order valence-electron chi connectivity index (χ2n) is 3.10. The second kappa shape index (κ2) is 4.86. The molecule has 0 aliphatic heterocycles. The summed E-state index contributed by atoms with van der Waals surface area (Å²) in [6.45, 7) is 3.62. The molecule has 0 saturated carbocycles. The van der Waals surface area contributed by atoms with Crippen LogP contribution in [0, 0.1) is 6.92 Å². The number of anilines is 1. The number of halogens is 1. The zero-order valence-corrected chi connectivity index (χ0v) is 8.93. The number of nitrogens with one attached hydrogen (secondary N) is 2. The number of aryl methyl sites for hydroxylation is 1. The van der Waals surface area contributed by atoms with Crippen LogP contribution in [-0.4, -0.2) is 11.3 Å². The molecule has 3 nitrogen and oxygen atoms in total. The average molecular weight is 213 g/mol. The molecule has 1 unspecified atom stereocenters. The zero-order valence-electron chi connectivity index (χ0n) is 8.17. The number of amides is 1. The Morgan fingerprint density at radius 1 is 1.36 bits per heavy atom. The highest BCUT2D eigenvalue weighted by Crippen LogP contribution is 2.07. The van der Waals surface area contributed by atoms with Gasteiger partial charge in [0.05, 0.1) is 5.69 Å². The number of carbonyl (C=O) groups excluding carboxylic acids is 1. The fourth-order valence-corrected chi connectivity index (χ4v) is 0.925. The molecule has 2 N–H and O–H groups in total. The Labute approximate surface area is 88.4 Å². The van der Waals surface area contributed by atoms with Gasteiger partial charge in [-0.25, -0.2) is 0 Å². The lowest BCUT2D eigenvalue weighted by Gasteiger charge is -2.09. The molecule has 0 heterocycles. The van der Waals surface area contributed by atoms with E-state index in [4.69, 9.17) is 11.6 Å². The van der Waals surface area contributed by atoms with Crippen molar-refractivity contribution in [2.75, 3.05) is 5.43 Å². The van der Waals surface area contributed by atoms with Crippen LogP contribution in [0.1, 0.15) is 12.5 Å². The maximum absolute atomic E-state index is 11.1. The lowest BCUT2D eigenvalue weighted by atomic mass is 10.2. The summed E-state index contributed by atoms with van der Waals surface area (Å²) in [6.07, 6.45) is 0. The SMILES string of the molecule is Cc1ccc(NNC(=O)C(C)Cl)cc1. The largest absolute Gasteiger partial charge is 0.299 e. The van der Waals surface area contributed by atoms with Gasteiger partial charge in [0.2, 0.25) is 0 Å². The van der Waals surface area contributed by atoms with Crippen LogP contribution >= 0.6 is 11.6 Å². The molecule has 1 atom stereocenters. The van der Waals surface area contributed by atoms with E-state index in [9.17, 15) is 4.79 Å². The van der Waals surface area contributed by atoms with Crippen molar-refractivity contribution in [3.05, 3.63) is 29.8 Å². The first-order valence-corrected chi connectivity index (χ1v) is 4.80. The third-order valence-electron chi connectivity index (χ3n) is 1.74. The fraction of sp³-hybridized carbons (Fsp3) is 0.300. The minimum Gasteiger partial charge on any atom is -0.299 e. The van der Waals surface area contributed by atoms with E-state index < -0.39 is 5.38 Å². The van der Waals surface area contributed by atoms with E-state index in [0.29, 0.717) is 0 Å². The number of hydrogen-bond acceptors (Lipinski definition) is 2. The van der Waals surface area contributed by atoms with E-state index in [1.807, 2.05) is 31.2 Å². The van der Waals surface area contributed by atoms with E-state index in [1.165, 1.54) is 5.56 Å². The monoisotopic (exact) mass is 212 g/mol. The normalized spacial score (nSPS) is 11.9.